The molecule has 2 aliphatic rings. The summed E-state index contributed by atoms with van der Waals surface area (Å²) < 4.78 is 5.28. The third-order valence-corrected chi connectivity index (χ3v) is 3.69. The lowest BCUT2D eigenvalue weighted by molar-refractivity contribution is 0.182. The molecule has 0 aromatic carbocycles. The Labute approximate surface area is 114 Å². The lowest BCUT2D eigenvalue weighted by atomic mass is 10.1. The summed E-state index contributed by atoms with van der Waals surface area (Å²) in [5.74, 6) is 2.26. The molecule has 18 heavy (non-hydrogen) atoms. The van der Waals surface area contributed by atoms with Gasteiger partial charge in [0.2, 0.25) is 5.89 Å². The molecular formula is C12H21ClN4O. The summed E-state index contributed by atoms with van der Waals surface area (Å²) in [5, 5.41) is 7.42. The van der Waals surface area contributed by atoms with Gasteiger partial charge in [-0.15, -0.1) is 12.4 Å². The summed E-state index contributed by atoms with van der Waals surface area (Å²) in [4.78, 5) is 6.89. The number of hydrogen-bond acceptors (Lipinski definition) is 5. The van der Waals surface area contributed by atoms with Gasteiger partial charge in [-0.1, -0.05) is 5.16 Å². The molecule has 102 valence electrons. The molecule has 0 radical (unpaired) electrons. The molecule has 3 rings (SSSR count). The Kier molecular flexibility index (Phi) is 4.59. The van der Waals surface area contributed by atoms with Crippen LogP contribution in [0.5, 0.6) is 0 Å². The minimum Gasteiger partial charge on any atom is -0.339 e. The Morgan fingerprint density at radius 3 is 2.94 bits per heavy atom. The van der Waals surface area contributed by atoms with Gasteiger partial charge in [-0.25, -0.2) is 0 Å². The van der Waals surface area contributed by atoms with Gasteiger partial charge in [-0.05, 0) is 39.3 Å². The van der Waals surface area contributed by atoms with E-state index < -0.39 is 0 Å². The Morgan fingerprint density at radius 2 is 2.22 bits per heavy atom. The predicted octanol–water partition coefficient (Wildman–Crippen LogP) is 1.55. The highest BCUT2D eigenvalue weighted by molar-refractivity contribution is 5.85. The summed E-state index contributed by atoms with van der Waals surface area (Å²) in [6, 6.07) is 0.610. The molecule has 2 heterocycles. The van der Waals surface area contributed by atoms with Crippen LogP contribution in [0.3, 0.4) is 0 Å². The van der Waals surface area contributed by atoms with Gasteiger partial charge in [0.15, 0.2) is 5.82 Å². The molecule has 1 aromatic rings. The summed E-state index contributed by atoms with van der Waals surface area (Å²) in [5.41, 5.74) is 0. The van der Waals surface area contributed by atoms with Gasteiger partial charge < -0.3 is 9.84 Å². The predicted molar refractivity (Wildman–Crippen MR) is 70.9 cm³/mol. The quantitative estimate of drug-likeness (QED) is 0.901. The summed E-state index contributed by atoms with van der Waals surface area (Å²) >= 11 is 0. The second-order valence-electron chi connectivity index (χ2n) is 5.19. The van der Waals surface area contributed by atoms with Gasteiger partial charge in [0.1, 0.15) is 0 Å². The zero-order valence-corrected chi connectivity index (χ0v) is 11.6. The van der Waals surface area contributed by atoms with E-state index in [0.29, 0.717) is 12.0 Å². The molecule has 0 spiro atoms. The van der Waals surface area contributed by atoms with E-state index in [1.807, 2.05) is 7.05 Å². The highest BCUT2D eigenvalue weighted by atomic mass is 35.5. The lowest BCUT2D eigenvalue weighted by Gasteiger charge is -2.31. The minimum atomic E-state index is 0. The fourth-order valence-electron chi connectivity index (χ4n) is 2.46. The second-order valence-corrected chi connectivity index (χ2v) is 5.19. The minimum absolute atomic E-state index is 0. The number of halogens is 1. The highest BCUT2D eigenvalue weighted by Gasteiger charge is 2.30. The highest BCUT2D eigenvalue weighted by Crippen LogP contribution is 2.38. The molecule has 1 unspecified atom stereocenters. The molecular weight excluding hydrogens is 252 g/mol. The van der Waals surface area contributed by atoms with E-state index >= 15 is 0 Å². The normalized spacial score (nSPS) is 24.8. The fraction of sp³-hybridized carbons (Fsp3) is 0.833. The molecule has 2 fully saturated rings. The van der Waals surface area contributed by atoms with Crippen LogP contribution in [0.25, 0.3) is 0 Å². The van der Waals surface area contributed by atoms with Crippen molar-refractivity contribution >= 4 is 12.4 Å². The Bertz CT molecular complexity index is 380. The Balaban J connectivity index is 0.00000120. The first-order valence-corrected chi connectivity index (χ1v) is 6.57. The molecule has 1 atom stereocenters. The van der Waals surface area contributed by atoms with Gasteiger partial charge in [0, 0.05) is 18.5 Å². The van der Waals surface area contributed by atoms with E-state index in [9.17, 15) is 0 Å². The van der Waals surface area contributed by atoms with Gasteiger partial charge in [-0.2, -0.15) is 4.98 Å². The molecule has 1 N–H and O–H groups in total. The average Bonchev–Trinajstić information content (AvgIpc) is 3.11. The first kappa shape index (κ1) is 13.8. The van der Waals surface area contributed by atoms with Crippen molar-refractivity contribution in [2.24, 2.45) is 0 Å². The van der Waals surface area contributed by atoms with Crippen LogP contribution in [0.4, 0.5) is 0 Å². The first-order valence-electron chi connectivity index (χ1n) is 6.57. The standard InChI is InChI=1S/C12H20N4O.ClH/c1-13-10-3-2-6-16(7-10)8-11-14-12(17-15-11)9-4-5-9;/h9-10,13H,2-8H2,1H3;1H. The van der Waals surface area contributed by atoms with E-state index in [4.69, 9.17) is 4.52 Å². The van der Waals surface area contributed by atoms with E-state index in [-0.39, 0.29) is 12.4 Å². The molecule has 1 aromatic heterocycles. The average molecular weight is 273 g/mol. The lowest BCUT2D eigenvalue weighted by Crippen LogP contribution is -2.44. The van der Waals surface area contributed by atoms with Gasteiger partial charge >= 0.3 is 0 Å². The Hall–Kier alpha value is -0.650. The summed E-state index contributed by atoms with van der Waals surface area (Å²) in [6.07, 6.45) is 4.95. The first-order chi connectivity index (χ1) is 8.35. The number of nitrogens with zero attached hydrogens (tertiary/aromatic N) is 3. The number of aromatic nitrogens is 2. The van der Waals surface area contributed by atoms with Crippen molar-refractivity contribution in [2.45, 2.75) is 44.2 Å². The molecule has 0 bridgehead atoms. The molecule has 6 heteroatoms. The number of nitrogens with one attached hydrogen (secondary N) is 1. The second kappa shape index (κ2) is 5.99. The van der Waals surface area contributed by atoms with Crippen LogP contribution in [-0.4, -0.2) is 41.2 Å². The van der Waals surface area contributed by atoms with Crippen LogP contribution in [0.2, 0.25) is 0 Å². The number of likely N-dealkylation sites (N-methyl/N-ethyl adjacent to an activating group) is 1. The topological polar surface area (TPSA) is 54.2 Å². The van der Waals surface area contributed by atoms with E-state index in [0.717, 1.165) is 31.3 Å². The molecule has 1 aliphatic heterocycles. The van der Waals surface area contributed by atoms with Crippen LogP contribution >= 0.6 is 12.4 Å². The SMILES string of the molecule is CNC1CCCN(Cc2noc(C3CC3)n2)C1.Cl. The monoisotopic (exact) mass is 272 g/mol. The zero-order chi connectivity index (χ0) is 11.7. The maximum atomic E-state index is 5.28. The van der Waals surface area contributed by atoms with Crippen LogP contribution in [0, 0.1) is 0 Å². The Morgan fingerprint density at radius 1 is 1.39 bits per heavy atom. The maximum Gasteiger partial charge on any atom is 0.229 e. The number of piperidine rings is 1. The molecule has 1 saturated carbocycles. The molecule has 5 nitrogen and oxygen atoms in total. The van der Waals surface area contributed by atoms with Crippen LogP contribution in [0.15, 0.2) is 4.52 Å². The van der Waals surface area contributed by atoms with E-state index in [1.54, 1.807) is 0 Å². The maximum absolute atomic E-state index is 5.28. The summed E-state index contributed by atoms with van der Waals surface area (Å²) in [6.45, 7) is 3.06. The van der Waals surface area contributed by atoms with Crippen molar-refractivity contribution in [3.05, 3.63) is 11.7 Å². The van der Waals surface area contributed by atoms with Gasteiger partial charge in [0.05, 0.1) is 6.54 Å². The third kappa shape index (κ3) is 3.22. The summed E-state index contributed by atoms with van der Waals surface area (Å²) in [7, 11) is 2.04. The van der Waals surface area contributed by atoms with Crippen molar-refractivity contribution in [1.82, 2.24) is 20.4 Å². The van der Waals surface area contributed by atoms with Crippen molar-refractivity contribution in [1.29, 1.82) is 0 Å². The van der Waals surface area contributed by atoms with Crippen LogP contribution in [0.1, 0.15) is 43.3 Å². The molecule has 0 amide bonds. The van der Waals surface area contributed by atoms with Crippen molar-refractivity contribution < 1.29 is 4.52 Å². The van der Waals surface area contributed by atoms with Crippen molar-refractivity contribution in [2.75, 3.05) is 20.1 Å². The van der Waals surface area contributed by atoms with Gasteiger partial charge in [0.25, 0.3) is 0 Å². The van der Waals surface area contributed by atoms with Gasteiger partial charge in [-0.3, -0.25) is 4.90 Å². The number of likely N-dealkylation sites (tertiary alicyclic amines) is 1. The van der Waals surface area contributed by atoms with Crippen LogP contribution in [-0.2, 0) is 6.54 Å². The fourth-order valence-corrected chi connectivity index (χ4v) is 2.46. The van der Waals surface area contributed by atoms with Crippen LogP contribution < -0.4 is 5.32 Å². The van der Waals surface area contributed by atoms with Crippen molar-refractivity contribution in [3.63, 3.8) is 0 Å². The number of hydrogen-bond donors (Lipinski definition) is 1. The number of rotatable bonds is 4. The zero-order valence-electron chi connectivity index (χ0n) is 10.8. The molecule has 1 aliphatic carbocycles. The third-order valence-electron chi connectivity index (χ3n) is 3.69. The van der Waals surface area contributed by atoms with E-state index in [2.05, 4.69) is 20.4 Å². The molecule has 1 saturated heterocycles. The van der Waals surface area contributed by atoms with Crippen molar-refractivity contribution in [3.8, 4) is 0 Å². The smallest absolute Gasteiger partial charge is 0.229 e. The largest absolute Gasteiger partial charge is 0.339 e. The van der Waals surface area contributed by atoms with E-state index in [1.165, 1.54) is 25.7 Å².